The number of carbonyl (C=O) groups is 1. The zero-order chi connectivity index (χ0) is 24.0. The van der Waals surface area contributed by atoms with Crippen LogP contribution < -0.4 is 14.3 Å². The maximum atomic E-state index is 12.5. The van der Waals surface area contributed by atoms with E-state index in [4.69, 9.17) is 8.92 Å². The maximum Gasteiger partial charge on any atom is 0.339 e. The molecule has 0 atom stereocenters. The van der Waals surface area contributed by atoms with Crippen molar-refractivity contribution in [3.63, 3.8) is 0 Å². The number of nitrogens with one attached hydrogen (secondary N) is 1. The van der Waals surface area contributed by atoms with Crippen LogP contribution in [0.25, 0.3) is 0 Å². The summed E-state index contributed by atoms with van der Waals surface area (Å²) in [6, 6.07) is 15.4. The van der Waals surface area contributed by atoms with Gasteiger partial charge in [0.15, 0.2) is 0 Å². The van der Waals surface area contributed by atoms with Crippen molar-refractivity contribution < 1.29 is 27.1 Å². The van der Waals surface area contributed by atoms with Gasteiger partial charge in [0.2, 0.25) is 0 Å². The Morgan fingerprint density at radius 3 is 2.61 bits per heavy atom. The number of carbonyl (C=O) groups excluding carboxylic acids is 1. The standard InChI is InChI=1S/C21H16BrN3O7S/c1-31-20-9-8-15(22)11-19(20)21(26)24-23-13-14-4-2-6-17(10-14)32-33(29,30)18-7-3-5-16(12-18)25(27)28/h2-13H,1H3,(H,24,26)/b23-13-. The molecule has 0 aliphatic carbocycles. The summed E-state index contributed by atoms with van der Waals surface area (Å²) < 4.78 is 35.9. The molecule has 0 aliphatic heterocycles. The second kappa shape index (κ2) is 10.2. The number of halogens is 1. The van der Waals surface area contributed by atoms with Gasteiger partial charge in [-0.15, -0.1) is 0 Å². The van der Waals surface area contributed by atoms with Crippen molar-refractivity contribution in [2.24, 2.45) is 5.10 Å². The number of non-ortho nitro benzene ring substituents is 1. The predicted octanol–water partition coefficient (Wildman–Crippen LogP) is 3.90. The second-order valence-electron chi connectivity index (χ2n) is 6.41. The first kappa shape index (κ1) is 23.9. The summed E-state index contributed by atoms with van der Waals surface area (Å²) in [7, 11) is -2.86. The summed E-state index contributed by atoms with van der Waals surface area (Å²) >= 11 is 3.29. The van der Waals surface area contributed by atoms with Gasteiger partial charge in [0.1, 0.15) is 16.4 Å². The van der Waals surface area contributed by atoms with Crippen LogP contribution in [0.1, 0.15) is 15.9 Å². The largest absolute Gasteiger partial charge is 0.496 e. The van der Waals surface area contributed by atoms with E-state index < -0.39 is 20.9 Å². The van der Waals surface area contributed by atoms with Crippen molar-refractivity contribution in [1.82, 2.24) is 5.43 Å². The molecule has 0 unspecified atom stereocenters. The minimum atomic E-state index is -4.30. The molecule has 3 rings (SSSR count). The molecule has 0 saturated carbocycles. The average molecular weight is 534 g/mol. The maximum absolute atomic E-state index is 12.5. The second-order valence-corrected chi connectivity index (χ2v) is 8.87. The quantitative estimate of drug-likeness (QED) is 0.200. The lowest BCUT2D eigenvalue weighted by Crippen LogP contribution is -2.18. The van der Waals surface area contributed by atoms with Gasteiger partial charge < -0.3 is 8.92 Å². The summed E-state index contributed by atoms with van der Waals surface area (Å²) in [5, 5.41) is 14.8. The highest BCUT2D eigenvalue weighted by molar-refractivity contribution is 9.10. The van der Waals surface area contributed by atoms with Crippen LogP contribution in [-0.2, 0) is 10.1 Å². The topological polar surface area (TPSA) is 137 Å². The molecule has 0 fully saturated rings. The molecule has 10 nitrogen and oxygen atoms in total. The van der Waals surface area contributed by atoms with Gasteiger partial charge in [-0.1, -0.05) is 34.1 Å². The summed E-state index contributed by atoms with van der Waals surface area (Å²) in [5.74, 6) is -0.178. The van der Waals surface area contributed by atoms with Gasteiger partial charge in [-0.25, -0.2) is 5.43 Å². The molecular formula is C21H16BrN3O7S. The molecule has 0 radical (unpaired) electrons. The van der Waals surface area contributed by atoms with Crippen molar-refractivity contribution in [3.8, 4) is 11.5 Å². The zero-order valence-electron chi connectivity index (χ0n) is 17.0. The summed E-state index contributed by atoms with van der Waals surface area (Å²) in [5.41, 5.74) is 2.69. The minimum Gasteiger partial charge on any atom is -0.496 e. The summed E-state index contributed by atoms with van der Waals surface area (Å²) in [4.78, 5) is 22.2. The number of nitro benzene ring substituents is 1. The predicted molar refractivity (Wildman–Crippen MR) is 123 cm³/mol. The summed E-state index contributed by atoms with van der Waals surface area (Å²) in [6.45, 7) is 0. The molecule has 0 spiro atoms. The lowest BCUT2D eigenvalue weighted by molar-refractivity contribution is -0.385. The smallest absolute Gasteiger partial charge is 0.339 e. The number of hydrogen-bond donors (Lipinski definition) is 1. The molecule has 12 heteroatoms. The highest BCUT2D eigenvalue weighted by Gasteiger charge is 2.20. The Balaban J connectivity index is 1.73. The van der Waals surface area contributed by atoms with Crippen LogP contribution >= 0.6 is 15.9 Å². The molecule has 1 amide bonds. The number of hydrogen-bond acceptors (Lipinski definition) is 8. The van der Waals surface area contributed by atoms with Crippen molar-refractivity contribution in [2.45, 2.75) is 4.90 Å². The van der Waals surface area contributed by atoms with E-state index in [-0.39, 0.29) is 21.9 Å². The van der Waals surface area contributed by atoms with E-state index in [2.05, 4.69) is 26.5 Å². The zero-order valence-corrected chi connectivity index (χ0v) is 19.4. The third kappa shape index (κ3) is 6.14. The van der Waals surface area contributed by atoms with Gasteiger partial charge >= 0.3 is 10.1 Å². The number of benzene rings is 3. The van der Waals surface area contributed by atoms with Crippen LogP contribution in [0.4, 0.5) is 5.69 Å². The van der Waals surface area contributed by atoms with E-state index in [1.165, 1.54) is 49.7 Å². The van der Waals surface area contributed by atoms with Crippen molar-refractivity contribution in [2.75, 3.05) is 7.11 Å². The lowest BCUT2D eigenvalue weighted by Gasteiger charge is -2.08. The number of amides is 1. The molecule has 3 aromatic carbocycles. The average Bonchev–Trinajstić information content (AvgIpc) is 2.79. The molecule has 33 heavy (non-hydrogen) atoms. The Labute approximate surface area is 197 Å². The molecule has 0 heterocycles. The van der Waals surface area contributed by atoms with Crippen LogP contribution in [0, 0.1) is 10.1 Å². The highest BCUT2D eigenvalue weighted by atomic mass is 79.9. The van der Waals surface area contributed by atoms with Crippen LogP contribution in [0.2, 0.25) is 0 Å². The van der Waals surface area contributed by atoms with E-state index in [9.17, 15) is 23.3 Å². The fourth-order valence-corrected chi connectivity index (χ4v) is 3.98. The van der Waals surface area contributed by atoms with Crippen molar-refractivity contribution >= 4 is 43.9 Å². The third-order valence-corrected chi connectivity index (χ3v) is 5.90. The molecule has 0 bridgehead atoms. The van der Waals surface area contributed by atoms with Crippen molar-refractivity contribution in [1.29, 1.82) is 0 Å². The number of nitro groups is 1. The van der Waals surface area contributed by atoms with Gasteiger partial charge in [-0.05, 0) is 42.0 Å². The molecule has 0 aliphatic rings. The number of methoxy groups -OCH3 is 1. The molecule has 3 aromatic rings. The normalized spacial score (nSPS) is 11.2. The molecule has 170 valence electrons. The molecule has 0 aromatic heterocycles. The molecule has 1 N–H and O–H groups in total. The van der Waals surface area contributed by atoms with Crippen LogP contribution in [0.15, 0.2) is 81.2 Å². The Hall–Kier alpha value is -3.77. The third-order valence-electron chi connectivity index (χ3n) is 4.17. The van der Waals surface area contributed by atoms with E-state index in [1.54, 1.807) is 24.3 Å². The fraction of sp³-hybridized carbons (Fsp3) is 0.0476. The molecular weight excluding hydrogens is 518 g/mol. The molecule has 0 saturated heterocycles. The number of nitrogens with zero attached hydrogens (tertiary/aromatic N) is 2. The van der Waals surface area contributed by atoms with Crippen LogP contribution in [-0.4, -0.2) is 32.6 Å². The SMILES string of the molecule is COc1ccc(Br)cc1C(=O)N/N=C\c1cccc(OS(=O)(=O)c2cccc([N+](=O)[O-])c2)c1. The monoisotopic (exact) mass is 533 g/mol. The number of ether oxygens (including phenoxy) is 1. The first-order valence-corrected chi connectivity index (χ1v) is 11.4. The Kier molecular flexibility index (Phi) is 7.41. The van der Waals surface area contributed by atoms with Gasteiger partial charge in [-0.3, -0.25) is 14.9 Å². The number of hydrazone groups is 1. The Morgan fingerprint density at radius 2 is 1.88 bits per heavy atom. The van der Waals surface area contributed by atoms with Gasteiger partial charge in [-0.2, -0.15) is 13.5 Å². The van der Waals surface area contributed by atoms with Gasteiger partial charge in [0.05, 0.1) is 23.8 Å². The van der Waals surface area contributed by atoms with Crippen molar-refractivity contribution in [3.05, 3.63) is 92.4 Å². The van der Waals surface area contributed by atoms with Gasteiger partial charge in [0.25, 0.3) is 11.6 Å². The first-order chi connectivity index (χ1) is 15.7. The highest BCUT2D eigenvalue weighted by Crippen LogP contribution is 2.24. The van der Waals surface area contributed by atoms with E-state index >= 15 is 0 Å². The Bertz CT molecular complexity index is 1340. The van der Waals surface area contributed by atoms with E-state index in [1.807, 2.05) is 0 Å². The van der Waals surface area contributed by atoms with Crippen LogP contribution in [0.3, 0.4) is 0 Å². The van der Waals surface area contributed by atoms with Gasteiger partial charge in [0, 0.05) is 16.6 Å². The fourth-order valence-electron chi connectivity index (χ4n) is 2.66. The summed E-state index contributed by atoms with van der Waals surface area (Å²) in [6.07, 6.45) is 1.30. The van der Waals surface area contributed by atoms with E-state index in [0.29, 0.717) is 15.8 Å². The Morgan fingerprint density at radius 1 is 1.12 bits per heavy atom. The first-order valence-electron chi connectivity index (χ1n) is 9.15. The van der Waals surface area contributed by atoms with Crippen LogP contribution in [0.5, 0.6) is 11.5 Å². The van der Waals surface area contributed by atoms with E-state index in [0.717, 1.165) is 6.07 Å². The number of rotatable bonds is 8. The minimum absolute atomic E-state index is 0.0366. The lowest BCUT2D eigenvalue weighted by atomic mass is 10.2.